The second-order valence-corrected chi connectivity index (χ2v) is 8.67. The van der Waals surface area contributed by atoms with Crippen LogP contribution >= 0.6 is 12.6 Å². The maximum absolute atomic E-state index is 14.9. The van der Waals surface area contributed by atoms with Crippen LogP contribution in [0.2, 0.25) is 0 Å². The Balaban J connectivity index is 0.00000126. The van der Waals surface area contributed by atoms with Gasteiger partial charge in [0.25, 0.3) is 0 Å². The van der Waals surface area contributed by atoms with Gasteiger partial charge >= 0.3 is 0 Å². The lowest BCUT2D eigenvalue weighted by Gasteiger charge is -2.26. The van der Waals surface area contributed by atoms with Crippen molar-refractivity contribution < 1.29 is 18.0 Å². The molecule has 2 saturated carbocycles. The molecule has 1 aromatic heterocycles. The van der Waals surface area contributed by atoms with Crippen LogP contribution in [0.15, 0.2) is 36.5 Å². The molecule has 0 saturated heterocycles. The number of Topliss-reactive ketones (excluding diaryl/α,β-unsaturated/α-hetero) is 1. The summed E-state index contributed by atoms with van der Waals surface area (Å²) in [5.74, 6) is -2.09. The first-order valence-corrected chi connectivity index (χ1v) is 12.2. The zero-order valence-electron chi connectivity index (χ0n) is 18.5. The van der Waals surface area contributed by atoms with Crippen LogP contribution in [0.4, 0.5) is 18.9 Å². The number of ketones is 1. The Morgan fingerprint density at radius 1 is 0.939 bits per heavy atom. The number of anilines is 1. The number of hydrogen-bond donors (Lipinski definition) is 2. The van der Waals surface area contributed by atoms with Gasteiger partial charge in [-0.3, -0.25) is 9.78 Å². The number of hydrogen-bond acceptors (Lipinski definition) is 4. The SMILES string of the molecule is CS.O=C(c1cnc2cc(F)c(-c3cc(F)cc(F)c3)cc2c1NC1CCCCC1)C1CC1. The standard InChI is InChI=1S/C25H23F3N2O.CH4S/c26-16-8-15(9-17(27)10-16)19-11-20-23(12-22(19)28)29-13-21(25(31)14-6-7-14)24(20)30-18-4-2-1-3-5-18;1-2/h8-14,18H,1-7H2,(H,29,30);2H,1H3. The molecule has 0 aliphatic heterocycles. The van der Waals surface area contributed by atoms with E-state index in [1.54, 1.807) is 12.3 Å². The zero-order chi connectivity index (χ0) is 23.5. The predicted molar refractivity (Wildman–Crippen MR) is 130 cm³/mol. The zero-order valence-corrected chi connectivity index (χ0v) is 19.4. The summed E-state index contributed by atoms with van der Waals surface area (Å²) in [5, 5.41) is 4.14. The molecule has 174 valence electrons. The number of nitrogens with one attached hydrogen (secondary N) is 1. The van der Waals surface area contributed by atoms with E-state index in [0.717, 1.165) is 56.7 Å². The molecule has 2 aliphatic carbocycles. The monoisotopic (exact) mass is 472 g/mol. The molecule has 0 spiro atoms. The number of nitrogens with zero attached hydrogens (tertiary/aromatic N) is 1. The highest BCUT2D eigenvalue weighted by Crippen LogP contribution is 2.39. The second-order valence-electron chi connectivity index (χ2n) is 8.67. The van der Waals surface area contributed by atoms with Crippen molar-refractivity contribution in [1.82, 2.24) is 4.98 Å². The van der Waals surface area contributed by atoms with E-state index < -0.39 is 17.5 Å². The van der Waals surface area contributed by atoms with Crippen LogP contribution in [0.3, 0.4) is 0 Å². The quantitative estimate of drug-likeness (QED) is 0.305. The molecule has 1 N–H and O–H groups in total. The van der Waals surface area contributed by atoms with Gasteiger partial charge in [-0.05, 0) is 55.7 Å². The fourth-order valence-electron chi connectivity index (χ4n) is 4.50. The molecule has 3 aromatic rings. The summed E-state index contributed by atoms with van der Waals surface area (Å²) < 4.78 is 42.4. The molecule has 33 heavy (non-hydrogen) atoms. The molecule has 1 heterocycles. The van der Waals surface area contributed by atoms with Crippen LogP contribution in [-0.4, -0.2) is 23.1 Å². The summed E-state index contributed by atoms with van der Waals surface area (Å²) in [5.41, 5.74) is 1.77. The van der Waals surface area contributed by atoms with Crippen LogP contribution < -0.4 is 5.32 Å². The number of fused-ring (bicyclic) bond motifs is 1. The minimum Gasteiger partial charge on any atom is -0.381 e. The maximum atomic E-state index is 14.9. The average molecular weight is 473 g/mol. The first-order chi connectivity index (χ1) is 16.0. The summed E-state index contributed by atoms with van der Waals surface area (Å²) in [4.78, 5) is 17.3. The summed E-state index contributed by atoms with van der Waals surface area (Å²) >= 11 is 3.53. The fraction of sp³-hybridized carbons (Fsp3) is 0.385. The fourth-order valence-corrected chi connectivity index (χ4v) is 4.50. The minimum atomic E-state index is -0.772. The van der Waals surface area contributed by atoms with E-state index in [2.05, 4.69) is 22.9 Å². The number of halogens is 3. The molecule has 2 fully saturated rings. The smallest absolute Gasteiger partial charge is 0.169 e. The number of thiol groups is 1. The second kappa shape index (κ2) is 10.2. The number of benzene rings is 2. The van der Waals surface area contributed by atoms with Gasteiger partial charge in [0.1, 0.15) is 17.5 Å². The summed E-state index contributed by atoms with van der Waals surface area (Å²) in [7, 11) is 0. The Kier molecular flexibility index (Phi) is 7.27. The van der Waals surface area contributed by atoms with Crippen molar-refractivity contribution in [2.45, 2.75) is 51.0 Å². The highest BCUT2D eigenvalue weighted by molar-refractivity contribution is 7.79. The van der Waals surface area contributed by atoms with E-state index in [0.29, 0.717) is 22.2 Å². The topological polar surface area (TPSA) is 42.0 Å². The number of carbonyl (C=O) groups is 1. The third-order valence-electron chi connectivity index (χ3n) is 6.30. The lowest BCUT2D eigenvalue weighted by molar-refractivity contribution is 0.0968. The molecule has 0 amide bonds. The summed E-state index contributed by atoms with van der Waals surface area (Å²) in [6, 6.07) is 6.02. The minimum absolute atomic E-state index is 0.0170. The molecule has 0 bridgehead atoms. The molecule has 0 unspecified atom stereocenters. The number of carbonyl (C=O) groups excluding carboxylic acids is 1. The van der Waals surface area contributed by atoms with Crippen LogP contribution in [0.1, 0.15) is 55.3 Å². The maximum Gasteiger partial charge on any atom is 0.169 e. The van der Waals surface area contributed by atoms with E-state index in [1.807, 2.05) is 0 Å². The molecule has 3 nitrogen and oxygen atoms in total. The molecule has 0 atom stereocenters. The van der Waals surface area contributed by atoms with Gasteiger partial charge < -0.3 is 5.32 Å². The first kappa shape index (κ1) is 23.6. The third-order valence-corrected chi connectivity index (χ3v) is 6.30. The molecule has 2 aromatic carbocycles. The lowest BCUT2D eigenvalue weighted by atomic mass is 9.93. The van der Waals surface area contributed by atoms with E-state index in [1.165, 1.54) is 18.7 Å². The van der Waals surface area contributed by atoms with Crippen LogP contribution in [0, 0.1) is 23.4 Å². The number of rotatable bonds is 5. The Hall–Kier alpha value is -2.54. The third kappa shape index (κ3) is 5.18. The van der Waals surface area contributed by atoms with Gasteiger partial charge in [0.05, 0.1) is 16.8 Å². The van der Waals surface area contributed by atoms with Crippen LogP contribution in [-0.2, 0) is 0 Å². The molecule has 0 radical (unpaired) electrons. The molecule has 7 heteroatoms. The van der Waals surface area contributed by atoms with Gasteiger partial charge in [0, 0.05) is 41.2 Å². The summed E-state index contributed by atoms with van der Waals surface area (Å²) in [6.07, 6.45) is 10.4. The Bertz CT molecular complexity index is 1150. The summed E-state index contributed by atoms with van der Waals surface area (Å²) in [6.45, 7) is 0. The van der Waals surface area contributed by atoms with Gasteiger partial charge in [0.15, 0.2) is 5.78 Å². The first-order valence-electron chi connectivity index (χ1n) is 11.3. The van der Waals surface area contributed by atoms with E-state index >= 15 is 0 Å². The Morgan fingerprint density at radius 2 is 1.61 bits per heavy atom. The lowest BCUT2D eigenvalue weighted by Crippen LogP contribution is -2.24. The van der Waals surface area contributed by atoms with Gasteiger partial charge in [0.2, 0.25) is 0 Å². The van der Waals surface area contributed by atoms with Crippen molar-refractivity contribution in [2.24, 2.45) is 5.92 Å². The predicted octanol–water partition coefficient (Wildman–Crippen LogP) is 7.20. The van der Waals surface area contributed by atoms with Crippen LogP contribution in [0.25, 0.3) is 22.0 Å². The highest BCUT2D eigenvalue weighted by Gasteiger charge is 2.33. The highest BCUT2D eigenvalue weighted by atomic mass is 32.1. The Morgan fingerprint density at radius 3 is 2.24 bits per heavy atom. The molecule has 2 aliphatic rings. The van der Waals surface area contributed by atoms with Crippen molar-refractivity contribution in [3.63, 3.8) is 0 Å². The normalized spacial score (nSPS) is 16.3. The van der Waals surface area contributed by atoms with Crippen molar-refractivity contribution in [3.05, 3.63) is 59.5 Å². The van der Waals surface area contributed by atoms with Crippen molar-refractivity contribution in [3.8, 4) is 11.1 Å². The number of aromatic nitrogens is 1. The van der Waals surface area contributed by atoms with Gasteiger partial charge in [-0.25, -0.2) is 13.2 Å². The van der Waals surface area contributed by atoms with Crippen molar-refractivity contribution >= 4 is 35.0 Å². The van der Waals surface area contributed by atoms with E-state index in [4.69, 9.17) is 0 Å². The molecular formula is C26H27F3N2OS. The largest absolute Gasteiger partial charge is 0.381 e. The van der Waals surface area contributed by atoms with E-state index in [9.17, 15) is 18.0 Å². The van der Waals surface area contributed by atoms with Gasteiger partial charge in [-0.15, -0.1) is 0 Å². The average Bonchev–Trinajstić information content (AvgIpc) is 3.65. The Labute approximate surface area is 197 Å². The van der Waals surface area contributed by atoms with Crippen molar-refractivity contribution in [1.29, 1.82) is 0 Å². The van der Waals surface area contributed by atoms with Crippen molar-refractivity contribution in [2.75, 3.05) is 11.6 Å². The van der Waals surface area contributed by atoms with Gasteiger partial charge in [-0.2, -0.15) is 12.6 Å². The number of pyridine rings is 1. The molecule has 5 rings (SSSR count). The van der Waals surface area contributed by atoms with Gasteiger partial charge in [-0.1, -0.05) is 19.3 Å². The molecular weight excluding hydrogens is 445 g/mol. The van der Waals surface area contributed by atoms with Crippen LogP contribution in [0.5, 0.6) is 0 Å². The van der Waals surface area contributed by atoms with E-state index in [-0.39, 0.29) is 28.9 Å².